The first-order valence-corrected chi connectivity index (χ1v) is 11.3. The number of hydrogen-bond donors (Lipinski definition) is 0. The van der Waals surface area contributed by atoms with Gasteiger partial charge in [0, 0.05) is 4.47 Å². The second kappa shape index (κ2) is 8.52. The number of hydrogen-bond acceptors (Lipinski definition) is 5. The zero-order valence-electron chi connectivity index (χ0n) is 15.9. The molecule has 0 fully saturated rings. The summed E-state index contributed by atoms with van der Waals surface area (Å²) in [5.74, 6) is -1.15. The van der Waals surface area contributed by atoms with Crippen molar-refractivity contribution in [3.63, 3.8) is 0 Å². The van der Waals surface area contributed by atoms with Crippen LogP contribution in [0.15, 0.2) is 102 Å². The van der Waals surface area contributed by atoms with Crippen LogP contribution in [0.1, 0.15) is 16.3 Å². The van der Waals surface area contributed by atoms with E-state index in [0.717, 1.165) is 9.37 Å². The molecule has 0 aliphatic heterocycles. The summed E-state index contributed by atoms with van der Waals surface area (Å²) in [6, 6.07) is 17.5. The molecule has 0 N–H and O–H groups in total. The molecular weight excluding hydrogens is 489 g/mol. The summed E-state index contributed by atoms with van der Waals surface area (Å²) in [7, 11) is -3.97. The third-order valence-electron chi connectivity index (χ3n) is 4.46. The lowest BCUT2D eigenvalue weighted by atomic mass is 10.2. The predicted octanol–water partition coefficient (Wildman–Crippen LogP) is 5.45. The zero-order chi connectivity index (χ0) is 22.0. The molecule has 0 radical (unpaired) electrons. The van der Waals surface area contributed by atoms with Crippen LogP contribution in [0, 0.1) is 5.82 Å². The van der Waals surface area contributed by atoms with Crippen LogP contribution in [-0.2, 0) is 16.4 Å². The van der Waals surface area contributed by atoms with Crippen molar-refractivity contribution in [3.05, 3.63) is 101 Å². The zero-order valence-corrected chi connectivity index (χ0v) is 18.3. The quantitative estimate of drug-likeness (QED) is 0.349. The van der Waals surface area contributed by atoms with Gasteiger partial charge in [-0.25, -0.2) is 12.8 Å². The van der Waals surface area contributed by atoms with Crippen LogP contribution in [-0.4, -0.2) is 14.3 Å². The average Bonchev–Trinajstić information content (AvgIpc) is 3.45. The molecule has 0 bridgehead atoms. The van der Waals surface area contributed by atoms with Gasteiger partial charge in [-0.2, -0.15) is 0 Å². The van der Waals surface area contributed by atoms with E-state index in [0.29, 0.717) is 5.76 Å². The summed E-state index contributed by atoms with van der Waals surface area (Å²) in [4.78, 5) is 14.3. The Labute approximate surface area is 186 Å². The number of rotatable bonds is 6. The summed E-state index contributed by atoms with van der Waals surface area (Å²) >= 11 is 3.25. The molecule has 4 aromatic rings. The number of para-hydroxylation sites is 1. The van der Waals surface area contributed by atoms with E-state index in [4.69, 9.17) is 8.83 Å². The second-order valence-corrected chi connectivity index (χ2v) is 9.29. The summed E-state index contributed by atoms with van der Waals surface area (Å²) in [6.45, 7) is -0.0672. The van der Waals surface area contributed by atoms with Gasteiger partial charge in [0.1, 0.15) is 11.6 Å². The third kappa shape index (κ3) is 4.33. The molecule has 0 unspecified atom stereocenters. The number of halogens is 2. The van der Waals surface area contributed by atoms with Gasteiger partial charge in [0.05, 0.1) is 23.4 Å². The Balaban J connectivity index is 1.69. The minimum atomic E-state index is -3.97. The lowest BCUT2D eigenvalue weighted by Crippen LogP contribution is -2.30. The Hall–Kier alpha value is -3.17. The van der Waals surface area contributed by atoms with E-state index in [1.165, 1.54) is 48.7 Å². The third-order valence-corrected chi connectivity index (χ3v) is 6.63. The highest BCUT2D eigenvalue weighted by Crippen LogP contribution is 2.28. The number of furan rings is 2. The molecule has 158 valence electrons. The van der Waals surface area contributed by atoms with Crippen molar-refractivity contribution in [3.8, 4) is 0 Å². The number of amides is 1. The van der Waals surface area contributed by atoms with Gasteiger partial charge in [0.25, 0.3) is 5.91 Å². The summed E-state index contributed by atoms with van der Waals surface area (Å²) < 4.78 is 51.5. The molecule has 2 aromatic heterocycles. The molecule has 0 saturated carbocycles. The standard InChI is InChI=1S/C22H15BrFNO5S/c23-15-7-9-17(10-8-15)31(27,28)21-12-11-20(30-21)22(26)25(14-16-4-3-13-29-16)19-6-2-1-5-18(19)24/h1-13H,14H2. The van der Waals surface area contributed by atoms with Crippen LogP contribution < -0.4 is 4.90 Å². The van der Waals surface area contributed by atoms with E-state index in [1.54, 1.807) is 30.3 Å². The van der Waals surface area contributed by atoms with Crippen molar-refractivity contribution in [2.24, 2.45) is 0 Å². The molecule has 2 aromatic carbocycles. The Kier molecular flexibility index (Phi) is 5.79. The van der Waals surface area contributed by atoms with E-state index in [9.17, 15) is 17.6 Å². The summed E-state index contributed by atoms with van der Waals surface area (Å²) in [5.41, 5.74) is 0.0117. The molecule has 0 spiro atoms. The molecule has 0 atom stereocenters. The van der Waals surface area contributed by atoms with Crippen molar-refractivity contribution >= 4 is 37.4 Å². The molecule has 2 heterocycles. The Morgan fingerprint density at radius 1 is 0.968 bits per heavy atom. The van der Waals surface area contributed by atoms with Gasteiger partial charge in [-0.05, 0) is 60.7 Å². The highest BCUT2D eigenvalue weighted by atomic mass is 79.9. The monoisotopic (exact) mass is 503 g/mol. The van der Waals surface area contributed by atoms with E-state index in [1.807, 2.05) is 0 Å². The van der Waals surface area contributed by atoms with Crippen molar-refractivity contribution in [2.45, 2.75) is 16.5 Å². The Morgan fingerprint density at radius 2 is 1.71 bits per heavy atom. The normalized spacial score (nSPS) is 11.4. The highest BCUT2D eigenvalue weighted by molar-refractivity contribution is 9.10. The maximum atomic E-state index is 14.4. The second-order valence-electron chi connectivity index (χ2n) is 6.50. The van der Waals surface area contributed by atoms with E-state index < -0.39 is 21.6 Å². The van der Waals surface area contributed by atoms with Crippen LogP contribution in [0.2, 0.25) is 0 Å². The van der Waals surface area contributed by atoms with Gasteiger partial charge < -0.3 is 8.83 Å². The van der Waals surface area contributed by atoms with Crippen molar-refractivity contribution < 1.29 is 26.4 Å². The number of nitrogens with zero attached hydrogens (tertiary/aromatic N) is 1. The van der Waals surface area contributed by atoms with Crippen LogP contribution in [0.25, 0.3) is 0 Å². The minimum Gasteiger partial charge on any atom is -0.467 e. The summed E-state index contributed by atoms with van der Waals surface area (Å²) in [6.07, 6.45) is 1.44. The van der Waals surface area contributed by atoms with Crippen molar-refractivity contribution in [1.29, 1.82) is 0 Å². The van der Waals surface area contributed by atoms with Crippen LogP contribution in [0.5, 0.6) is 0 Å². The topological polar surface area (TPSA) is 80.7 Å². The fraction of sp³-hybridized carbons (Fsp3) is 0.0455. The first kappa shape index (κ1) is 21.1. The fourth-order valence-electron chi connectivity index (χ4n) is 2.94. The SMILES string of the molecule is O=C(c1ccc(S(=O)(=O)c2ccc(Br)cc2)o1)N(Cc1ccco1)c1ccccc1F. The van der Waals surface area contributed by atoms with Gasteiger partial charge >= 0.3 is 0 Å². The maximum Gasteiger partial charge on any atom is 0.294 e. The fourth-order valence-corrected chi connectivity index (χ4v) is 4.38. The van der Waals surface area contributed by atoms with Gasteiger partial charge in [-0.1, -0.05) is 28.1 Å². The van der Waals surface area contributed by atoms with E-state index in [2.05, 4.69) is 15.9 Å². The van der Waals surface area contributed by atoms with Gasteiger partial charge in [0.15, 0.2) is 5.76 Å². The smallest absolute Gasteiger partial charge is 0.294 e. The van der Waals surface area contributed by atoms with Crippen molar-refractivity contribution in [2.75, 3.05) is 4.90 Å². The van der Waals surface area contributed by atoms with Crippen LogP contribution in [0.4, 0.5) is 10.1 Å². The number of sulfone groups is 1. The van der Waals surface area contributed by atoms with Gasteiger partial charge in [0.2, 0.25) is 14.9 Å². The minimum absolute atomic E-state index is 0.0117. The lowest BCUT2D eigenvalue weighted by molar-refractivity contribution is 0.0950. The molecule has 9 heteroatoms. The number of carbonyl (C=O) groups is 1. The Bertz CT molecular complexity index is 1310. The molecule has 31 heavy (non-hydrogen) atoms. The number of anilines is 1. The summed E-state index contributed by atoms with van der Waals surface area (Å²) in [5, 5.41) is -0.385. The van der Waals surface area contributed by atoms with E-state index >= 15 is 0 Å². The molecule has 4 rings (SSSR count). The van der Waals surface area contributed by atoms with Gasteiger partial charge in [-0.3, -0.25) is 9.69 Å². The average molecular weight is 504 g/mol. The lowest BCUT2D eigenvalue weighted by Gasteiger charge is -2.21. The molecule has 1 amide bonds. The molecule has 0 aliphatic rings. The van der Waals surface area contributed by atoms with Crippen molar-refractivity contribution in [1.82, 2.24) is 0 Å². The highest BCUT2D eigenvalue weighted by Gasteiger charge is 2.28. The first-order valence-electron chi connectivity index (χ1n) is 9.05. The molecule has 0 saturated heterocycles. The molecule has 0 aliphatic carbocycles. The number of benzene rings is 2. The van der Waals surface area contributed by atoms with Crippen LogP contribution >= 0.6 is 15.9 Å². The maximum absolute atomic E-state index is 14.4. The molecular formula is C22H15BrFNO5S. The molecule has 6 nitrogen and oxygen atoms in total. The predicted molar refractivity (Wildman–Crippen MR) is 114 cm³/mol. The first-order chi connectivity index (χ1) is 14.9. The number of carbonyl (C=O) groups excluding carboxylic acids is 1. The van der Waals surface area contributed by atoms with Gasteiger partial charge in [-0.15, -0.1) is 0 Å². The van der Waals surface area contributed by atoms with Crippen LogP contribution in [0.3, 0.4) is 0 Å². The largest absolute Gasteiger partial charge is 0.467 e. The van der Waals surface area contributed by atoms with E-state index in [-0.39, 0.29) is 28.0 Å². The Morgan fingerprint density at radius 3 is 2.39 bits per heavy atom.